The molecule has 224 valence electrons. The smallest absolute Gasteiger partial charge is 0.411 e. The van der Waals surface area contributed by atoms with Crippen molar-refractivity contribution in [3.05, 3.63) is 36.3 Å². The Balaban J connectivity index is 1.33. The number of anilines is 1. The van der Waals surface area contributed by atoms with Crippen LogP contribution in [0.15, 0.2) is 30.5 Å². The summed E-state index contributed by atoms with van der Waals surface area (Å²) in [5.41, 5.74) is 8.28. The molecule has 12 heteroatoms. The molecule has 3 fully saturated rings. The maximum Gasteiger partial charge on any atom is 0.411 e. The Morgan fingerprint density at radius 2 is 1.76 bits per heavy atom. The number of sulfonamides is 1. The second kappa shape index (κ2) is 12.5. The maximum atomic E-state index is 13.9. The van der Waals surface area contributed by atoms with E-state index in [9.17, 15) is 18.0 Å². The zero-order valence-electron chi connectivity index (χ0n) is 23.9. The van der Waals surface area contributed by atoms with E-state index in [4.69, 9.17) is 10.7 Å². The Kier molecular flexibility index (Phi) is 9.00. The highest BCUT2D eigenvalue weighted by molar-refractivity contribution is 7.88. The Hall–Kier alpha value is -2.96. The summed E-state index contributed by atoms with van der Waals surface area (Å²) in [5, 5.41) is 2.65. The first kappa shape index (κ1) is 29.5. The van der Waals surface area contributed by atoms with Gasteiger partial charge >= 0.3 is 6.09 Å². The molecule has 5 rings (SSSR count). The number of amides is 2. The van der Waals surface area contributed by atoms with Crippen LogP contribution in [0.1, 0.15) is 56.8 Å². The first-order valence-corrected chi connectivity index (χ1v) is 16.5. The minimum atomic E-state index is -3.19. The number of nitrogens with one attached hydrogen (secondary N) is 2. The van der Waals surface area contributed by atoms with Gasteiger partial charge in [-0.15, -0.1) is 0 Å². The van der Waals surface area contributed by atoms with Crippen LogP contribution in [0.25, 0.3) is 11.3 Å². The van der Waals surface area contributed by atoms with Gasteiger partial charge in [0.25, 0.3) is 0 Å². The van der Waals surface area contributed by atoms with Crippen molar-refractivity contribution in [3.63, 3.8) is 0 Å². The number of aromatic amines is 1. The SMILES string of the molecule is COC(=O)Nc1ccc(-c2cnc([C@@H]3C[C@H](C4CCN(S(C)(=O)=O)CC4)CN3C(=O)[C@H]3CC[C@H](CN)CC3)[nH]2)cc1. The highest BCUT2D eigenvalue weighted by Crippen LogP contribution is 2.43. The number of piperidine rings is 1. The number of methoxy groups -OCH3 is 1. The molecule has 3 aliphatic rings. The van der Waals surface area contributed by atoms with Crippen LogP contribution < -0.4 is 11.1 Å². The van der Waals surface area contributed by atoms with E-state index in [0.29, 0.717) is 49.6 Å². The number of likely N-dealkylation sites (tertiary alicyclic amines) is 1. The molecule has 11 nitrogen and oxygen atoms in total. The molecule has 0 radical (unpaired) electrons. The molecule has 2 saturated heterocycles. The molecular weight excluding hydrogens is 544 g/mol. The lowest BCUT2D eigenvalue weighted by atomic mass is 9.81. The fourth-order valence-electron chi connectivity index (χ4n) is 6.83. The number of imidazole rings is 1. The van der Waals surface area contributed by atoms with E-state index >= 15 is 0 Å². The summed E-state index contributed by atoms with van der Waals surface area (Å²) in [6, 6.07) is 7.24. The summed E-state index contributed by atoms with van der Waals surface area (Å²) >= 11 is 0. The Labute approximate surface area is 242 Å². The zero-order valence-corrected chi connectivity index (χ0v) is 24.7. The third-order valence-corrected chi connectivity index (χ3v) is 10.6. The Morgan fingerprint density at radius 3 is 2.37 bits per heavy atom. The quantitative estimate of drug-likeness (QED) is 0.449. The second-order valence-corrected chi connectivity index (χ2v) is 13.8. The highest BCUT2D eigenvalue weighted by atomic mass is 32.2. The average molecular weight is 587 g/mol. The number of nitrogens with two attached hydrogens (primary N) is 1. The summed E-state index contributed by atoms with van der Waals surface area (Å²) in [7, 11) is -1.87. The minimum Gasteiger partial charge on any atom is -0.453 e. The standard InChI is InChI=1S/C29H42N6O5S/c1-40-29(37)32-24-9-7-21(8-10-24)25-17-31-27(33-25)26-15-23(20-11-13-34(14-12-20)41(2,38)39)18-35(26)28(36)22-5-3-19(16-30)4-6-22/h7-10,17,19-20,22-23,26H,3-6,11-16,18,30H2,1-2H3,(H,31,33)(H,32,37)/t19-,22-,23-,26-/m0/s1. The van der Waals surface area contributed by atoms with Crippen LogP contribution in [0.3, 0.4) is 0 Å². The van der Waals surface area contributed by atoms with Gasteiger partial charge in [-0.3, -0.25) is 10.1 Å². The van der Waals surface area contributed by atoms with Gasteiger partial charge in [0, 0.05) is 31.2 Å². The van der Waals surface area contributed by atoms with Gasteiger partial charge < -0.3 is 20.4 Å². The van der Waals surface area contributed by atoms with Gasteiger partial charge in [-0.1, -0.05) is 12.1 Å². The van der Waals surface area contributed by atoms with Crippen molar-refractivity contribution in [3.8, 4) is 11.3 Å². The summed E-state index contributed by atoms with van der Waals surface area (Å²) in [5.74, 6) is 2.15. The van der Waals surface area contributed by atoms with Gasteiger partial charge in [0.05, 0.1) is 31.3 Å². The van der Waals surface area contributed by atoms with E-state index in [1.165, 1.54) is 13.4 Å². The summed E-state index contributed by atoms with van der Waals surface area (Å²) < 4.78 is 30.3. The topological polar surface area (TPSA) is 151 Å². The monoisotopic (exact) mass is 586 g/mol. The Morgan fingerprint density at radius 1 is 1.07 bits per heavy atom. The zero-order chi connectivity index (χ0) is 29.1. The first-order chi connectivity index (χ1) is 19.7. The minimum absolute atomic E-state index is 0.00965. The van der Waals surface area contributed by atoms with Crippen LogP contribution in [0.5, 0.6) is 0 Å². The maximum absolute atomic E-state index is 13.9. The second-order valence-electron chi connectivity index (χ2n) is 11.8. The van der Waals surface area contributed by atoms with Crippen molar-refractivity contribution in [2.24, 2.45) is 29.4 Å². The van der Waals surface area contributed by atoms with Gasteiger partial charge in [0.1, 0.15) is 5.82 Å². The molecule has 2 aromatic rings. The van der Waals surface area contributed by atoms with Crippen molar-refractivity contribution < 1.29 is 22.7 Å². The van der Waals surface area contributed by atoms with Crippen molar-refractivity contribution in [1.29, 1.82) is 0 Å². The third kappa shape index (κ3) is 6.76. The number of H-pyrrole nitrogens is 1. The average Bonchev–Trinajstić information content (AvgIpc) is 3.65. The number of benzene rings is 1. The van der Waals surface area contributed by atoms with Crippen LogP contribution in [0.4, 0.5) is 10.5 Å². The van der Waals surface area contributed by atoms with Crippen molar-refractivity contribution in [2.75, 3.05) is 44.9 Å². The predicted octanol–water partition coefficient (Wildman–Crippen LogP) is 3.58. The molecule has 1 aromatic carbocycles. The van der Waals surface area contributed by atoms with Crippen LogP contribution in [0.2, 0.25) is 0 Å². The molecule has 0 spiro atoms. The molecule has 0 bridgehead atoms. The number of hydrogen-bond acceptors (Lipinski definition) is 7. The van der Waals surface area contributed by atoms with E-state index < -0.39 is 16.1 Å². The van der Waals surface area contributed by atoms with Crippen molar-refractivity contribution in [2.45, 2.75) is 51.0 Å². The highest BCUT2D eigenvalue weighted by Gasteiger charge is 2.44. The number of carbonyl (C=O) groups is 2. The third-order valence-electron chi connectivity index (χ3n) is 9.32. The number of nitrogens with zero attached hydrogens (tertiary/aromatic N) is 3. The van der Waals surface area contributed by atoms with Crippen LogP contribution >= 0.6 is 0 Å². The van der Waals surface area contributed by atoms with Gasteiger partial charge in [-0.25, -0.2) is 22.5 Å². The molecule has 1 aromatic heterocycles. The lowest BCUT2D eigenvalue weighted by Crippen LogP contribution is -2.41. The van der Waals surface area contributed by atoms with E-state index in [0.717, 1.165) is 62.0 Å². The Bertz CT molecular complexity index is 1310. The van der Waals surface area contributed by atoms with Crippen LogP contribution in [0, 0.1) is 23.7 Å². The van der Waals surface area contributed by atoms with Gasteiger partial charge in [0.15, 0.2) is 0 Å². The number of ether oxygens (including phenoxy) is 1. The van der Waals surface area contributed by atoms with Crippen LogP contribution in [-0.2, 0) is 19.6 Å². The molecule has 2 atom stereocenters. The van der Waals surface area contributed by atoms with E-state index in [1.807, 2.05) is 17.0 Å². The largest absolute Gasteiger partial charge is 0.453 e. The molecule has 2 aliphatic heterocycles. The fourth-order valence-corrected chi connectivity index (χ4v) is 7.70. The molecule has 3 heterocycles. The molecule has 1 saturated carbocycles. The number of hydrogen-bond donors (Lipinski definition) is 3. The summed E-state index contributed by atoms with van der Waals surface area (Å²) in [6.45, 7) is 2.42. The first-order valence-electron chi connectivity index (χ1n) is 14.6. The molecule has 1 aliphatic carbocycles. The van der Waals surface area contributed by atoms with Crippen LogP contribution in [-0.4, -0.2) is 79.1 Å². The molecule has 0 unspecified atom stereocenters. The van der Waals surface area contributed by atoms with E-state index in [1.54, 1.807) is 22.6 Å². The normalized spacial score (nSPS) is 26.2. The predicted molar refractivity (Wildman–Crippen MR) is 156 cm³/mol. The van der Waals surface area contributed by atoms with Crippen molar-refractivity contribution in [1.82, 2.24) is 19.2 Å². The van der Waals surface area contributed by atoms with E-state index in [2.05, 4.69) is 15.0 Å². The number of rotatable bonds is 7. The molecular formula is C29H42N6O5S. The molecule has 2 amide bonds. The molecule has 41 heavy (non-hydrogen) atoms. The number of aromatic nitrogens is 2. The van der Waals surface area contributed by atoms with E-state index in [-0.39, 0.29) is 17.9 Å². The van der Waals surface area contributed by atoms with Crippen molar-refractivity contribution >= 4 is 27.7 Å². The van der Waals surface area contributed by atoms with Gasteiger partial charge in [-0.05, 0) is 86.9 Å². The summed E-state index contributed by atoms with van der Waals surface area (Å²) in [4.78, 5) is 35.7. The molecule has 4 N–H and O–H groups in total. The lowest BCUT2D eigenvalue weighted by molar-refractivity contribution is -0.138. The fraction of sp³-hybridized carbons (Fsp3) is 0.621. The van der Waals surface area contributed by atoms with Gasteiger partial charge in [0.2, 0.25) is 15.9 Å². The number of carbonyl (C=O) groups excluding carboxylic acids is 2. The van der Waals surface area contributed by atoms with Gasteiger partial charge in [-0.2, -0.15) is 0 Å². The summed E-state index contributed by atoms with van der Waals surface area (Å²) in [6.07, 6.45) is 8.69. The lowest BCUT2D eigenvalue weighted by Gasteiger charge is -2.34.